The van der Waals surface area contributed by atoms with E-state index in [4.69, 9.17) is 4.52 Å². The molecule has 2 rings (SSSR count). The molecule has 0 aliphatic carbocycles. The molecule has 0 radical (unpaired) electrons. The number of nitrogens with one attached hydrogen (secondary N) is 1. The van der Waals surface area contributed by atoms with Crippen molar-refractivity contribution in [3.05, 3.63) is 41.7 Å². The Balaban J connectivity index is 2.05. The lowest BCUT2D eigenvalue weighted by Crippen LogP contribution is -2.12. The number of hydrogen-bond donors (Lipinski definition) is 1. The first-order valence-corrected chi connectivity index (χ1v) is 7.50. The number of carbonyl (C=O) groups excluding carboxylic acids is 1. The summed E-state index contributed by atoms with van der Waals surface area (Å²) in [5.41, 5.74) is -4.36. The van der Waals surface area contributed by atoms with E-state index in [1.54, 1.807) is 6.07 Å². The molecule has 0 fully saturated rings. The second-order valence-electron chi connectivity index (χ2n) is 5.85. The summed E-state index contributed by atoms with van der Waals surface area (Å²) in [6.07, 6.45) is 0. The molecule has 0 saturated heterocycles. The molecule has 1 N–H and O–H groups in total. The van der Waals surface area contributed by atoms with Crippen LogP contribution in [0.5, 0.6) is 0 Å². The maximum absolute atomic E-state index is 12.3. The van der Waals surface area contributed by atoms with Gasteiger partial charge in [0.25, 0.3) is 5.91 Å². The van der Waals surface area contributed by atoms with Crippen LogP contribution in [0.1, 0.15) is 36.9 Å². The maximum Gasteiger partial charge on any atom is 0.446 e. The second-order valence-corrected chi connectivity index (χ2v) is 6.99. The number of hydrogen-bond acceptors (Lipinski definition) is 4. The van der Waals surface area contributed by atoms with Gasteiger partial charge in [0.1, 0.15) is 5.76 Å². The molecule has 124 valence electrons. The van der Waals surface area contributed by atoms with Crippen molar-refractivity contribution in [2.24, 2.45) is 0 Å². The van der Waals surface area contributed by atoms with Crippen LogP contribution in [0.4, 0.5) is 19.0 Å². The minimum atomic E-state index is -4.35. The van der Waals surface area contributed by atoms with Gasteiger partial charge in [0.15, 0.2) is 5.82 Å². The number of aromatic nitrogens is 1. The molecule has 1 amide bonds. The lowest BCUT2D eigenvalue weighted by Gasteiger charge is -2.12. The first kappa shape index (κ1) is 17.4. The van der Waals surface area contributed by atoms with Gasteiger partial charge in [-0.1, -0.05) is 25.9 Å². The number of amides is 1. The van der Waals surface area contributed by atoms with E-state index in [2.05, 4.69) is 10.5 Å². The van der Waals surface area contributed by atoms with Gasteiger partial charge in [-0.05, 0) is 36.0 Å². The Bertz CT molecular complexity index is 688. The van der Waals surface area contributed by atoms with Crippen molar-refractivity contribution in [1.29, 1.82) is 0 Å². The van der Waals surface area contributed by atoms with Crippen molar-refractivity contribution >= 4 is 23.5 Å². The molecule has 0 atom stereocenters. The summed E-state index contributed by atoms with van der Waals surface area (Å²) in [7, 11) is 0. The molecule has 0 aliphatic heterocycles. The van der Waals surface area contributed by atoms with Gasteiger partial charge in [-0.2, -0.15) is 13.2 Å². The summed E-state index contributed by atoms with van der Waals surface area (Å²) in [5.74, 6) is 0.403. The Morgan fingerprint density at radius 3 is 2.26 bits per heavy atom. The topological polar surface area (TPSA) is 55.1 Å². The minimum Gasteiger partial charge on any atom is -0.359 e. The normalized spacial score (nSPS) is 12.3. The van der Waals surface area contributed by atoms with Crippen molar-refractivity contribution in [1.82, 2.24) is 5.16 Å². The van der Waals surface area contributed by atoms with Crippen molar-refractivity contribution in [2.75, 3.05) is 5.32 Å². The quantitative estimate of drug-likeness (QED) is 0.810. The number of carbonyl (C=O) groups is 1. The first-order valence-electron chi connectivity index (χ1n) is 6.69. The summed E-state index contributed by atoms with van der Waals surface area (Å²) in [6, 6.07) is 6.76. The summed E-state index contributed by atoms with van der Waals surface area (Å²) in [6.45, 7) is 5.82. The van der Waals surface area contributed by atoms with Crippen LogP contribution in [0.2, 0.25) is 0 Å². The monoisotopic (exact) mass is 344 g/mol. The third-order valence-electron chi connectivity index (χ3n) is 2.84. The highest BCUT2D eigenvalue weighted by molar-refractivity contribution is 8.00. The second kappa shape index (κ2) is 6.27. The lowest BCUT2D eigenvalue weighted by atomic mass is 9.93. The number of benzene rings is 1. The van der Waals surface area contributed by atoms with Gasteiger partial charge < -0.3 is 9.84 Å². The highest BCUT2D eigenvalue weighted by atomic mass is 32.2. The van der Waals surface area contributed by atoms with E-state index >= 15 is 0 Å². The SMILES string of the molecule is CC(C)(C)c1cc(NC(=O)c2ccc(SC(F)(F)F)cc2)no1. The minimum absolute atomic E-state index is 0.0190. The fourth-order valence-electron chi connectivity index (χ4n) is 1.68. The zero-order chi connectivity index (χ0) is 17.3. The van der Waals surface area contributed by atoms with Crippen LogP contribution in [0.3, 0.4) is 0 Å². The van der Waals surface area contributed by atoms with Crippen molar-refractivity contribution in [2.45, 2.75) is 36.6 Å². The fourth-order valence-corrected chi connectivity index (χ4v) is 2.22. The van der Waals surface area contributed by atoms with Gasteiger partial charge in [-0.25, -0.2) is 0 Å². The molecule has 0 saturated carbocycles. The molecule has 23 heavy (non-hydrogen) atoms. The van der Waals surface area contributed by atoms with E-state index in [0.29, 0.717) is 5.76 Å². The molecule has 0 aliphatic rings. The average Bonchev–Trinajstić information content (AvgIpc) is 2.86. The van der Waals surface area contributed by atoms with Gasteiger partial charge in [-0.15, -0.1) is 0 Å². The third kappa shape index (κ3) is 5.02. The van der Waals surface area contributed by atoms with Crippen LogP contribution < -0.4 is 5.32 Å². The van der Waals surface area contributed by atoms with E-state index in [-0.39, 0.29) is 33.5 Å². The van der Waals surface area contributed by atoms with E-state index in [0.717, 1.165) is 0 Å². The molecular weight excluding hydrogens is 329 g/mol. The molecule has 1 heterocycles. The predicted molar refractivity (Wildman–Crippen MR) is 81.5 cm³/mol. The summed E-state index contributed by atoms with van der Waals surface area (Å²) in [5, 5.41) is 6.30. The van der Waals surface area contributed by atoms with Crippen molar-refractivity contribution in [3.63, 3.8) is 0 Å². The van der Waals surface area contributed by atoms with Crippen LogP contribution in [-0.4, -0.2) is 16.6 Å². The Morgan fingerprint density at radius 2 is 1.78 bits per heavy atom. The van der Waals surface area contributed by atoms with E-state index in [1.165, 1.54) is 24.3 Å². The molecule has 1 aromatic heterocycles. The molecule has 0 spiro atoms. The van der Waals surface area contributed by atoms with Gasteiger partial charge in [0.2, 0.25) is 0 Å². The first-order chi connectivity index (χ1) is 10.5. The van der Waals surface area contributed by atoms with Crippen molar-refractivity contribution in [3.8, 4) is 0 Å². The fraction of sp³-hybridized carbons (Fsp3) is 0.333. The van der Waals surface area contributed by atoms with E-state index in [9.17, 15) is 18.0 Å². The highest BCUT2D eigenvalue weighted by Crippen LogP contribution is 2.36. The Kier molecular flexibility index (Phi) is 4.74. The average molecular weight is 344 g/mol. The Hall–Kier alpha value is -1.96. The Morgan fingerprint density at radius 1 is 1.17 bits per heavy atom. The molecule has 2 aromatic rings. The van der Waals surface area contributed by atoms with Gasteiger partial charge in [-0.3, -0.25) is 4.79 Å². The zero-order valence-corrected chi connectivity index (χ0v) is 13.5. The number of rotatable bonds is 3. The molecule has 0 bridgehead atoms. The zero-order valence-electron chi connectivity index (χ0n) is 12.7. The number of halogens is 3. The van der Waals surface area contributed by atoms with Crippen LogP contribution in [0.15, 0.2) is 39.8 Å². The smallest absolute Gasteiger partial charge is 0.359 e. The van der Waals surface area contributed by atoms with Crippen LogP contribution in [0, 0.1) is 0 Å². The predicted octanol–water partition coefficient (Wildman–Crippen LogP) is 4.84. The molecule has 8 heteroatoms. The maximum atomic E-state index is 12.3. The molecule has 1 aromatic carbocycles. The standard InChI is InChI=1S/C15H15F3N2O2S/c1-14(2,3)11-8-12(20-22-11)19-13(21)9-4-6-10(7-5-9)23-15(16,17)18/h4-8H,1-3H3,(H,19,20,21). The largest absolute Gasteiger partial charge is 0.446 e. The van der Waals surface area contributed by atoms with Crippen LogP contribution >= 0.6 is 11.8 Å². The van der Waals surface area contributed by atoms with E-state index in [1.807, 2.05) is 20.8 Å². The summed E-state index contributed by atoms with van der Waals surface area (Å²) in [4.78, 5) is 12.1. The van der Waals surface area contributed by atoms with Gasteiger partial charge in [0, 0.05) is 21.9 Å². The number of thioether (sulfide) groups is 1. The number of anilines is 1. The third-order valence-corrected chi connectivity index (χ3v) is 3.58. The van der Waals surface area contributed by atoms with Crippen LogP contribution in [0.25, 0.3) is 0 Å². The highest BCUT2D eigenvalue weighted by Gasteiger charge is 2.29. The molecule has 0 unspecified atom stereocenters. The summed E-state index contributed by atoms with van der Waals surface area (Å²) >= 11 is -0.228. The number of nitrogens with zero attached hydrogens (tertiary/aromatic N) is 1. The van der Waals surface area contributed by atoms with Crippen molar-refractivity contribution < 1.29 is 22.5 Å². The van der Waals surface area contributed by atoms with Gasteiger partial charge >= 0.3 is 5.51 Å². The van der Waals surface area contributed by atoms with E-state index < -0.39 is 11.4 Å². The molecule has 4 nitrogen and oxygen atoms in total. The van der Waals surface area contributed by atoms with Gasteiger partial charge in [0.05, 0.1) is 0 Å². The number of alkyl halides is 3. The summed E-state index contributed by atoms with van der Waals surface area (Å²) < 4.78 is 41.9. The molecular formula is C15H15F3N2O2S. The van der Waals surface area contributed by atoms with Crippen LogP contribution in [-0.2, 0) is 5.41 Å². The lowest BCUT2D eigenvalue weighted by molar-refractivity contribution is -0.0328. The Labute approximate surface area is 135 Å².